The van der Waals surface area contributed by atoms with Crippen LogP contribution in [0.1, 0.15) is 0 Å². The van der Waals surface area contributed by atoms with Gasteiger partial charge in [-0.3, -0.25) is 0 Å². The first kappa shape index (κ1) is 7.31. The summed E-state index contributed by atoms with van der Waals surface area (Å²) < 4.78 is 5.39. The minimum Gasteiger partial charge on any atom is -0.431 e. The van der Waals surface area contributed by atoms with E-state index in [-0.39, 0.29) is 0 Å². The summed E-state index contributed by atoms with van der Waals surface area (Å²) in [6.07, 6.45) is 1.71. The summed E-state index contributed by atoms with van der Waals surface area (Å²) in [6.45, 7) is 0. The van der Waals surface area contributed by atoms with Crippen LogP contribution < -0.4 is 4.74 Å². The lowest BCUT2D eigenvalue weighted by Crippen LogP contribution is -1.80. The lowest BCUT2D eigenvalue weighted by molar-refractivity contribution is 0.479. The first-order valence-corrected chi connectivity index (χ1v) is 4.36. The van der Waals surface area contributed by atoms with Gasteiger partial charge in [0.15, 0.2) is 0 Å². The molecule has 0 saturated heterocycles. The van der Waals surface area contributed by atoms with Crippen molar-refractivity contribution in [3.8, 4) is 10.9 Å². The normalized spacial score (nSPS) is 9.67. The molecule has 0 atom stereocenters. The number of benzene rings is 1. The van der Waals surface area contributed by atoms with E-state index in [0.29, 0.717) is 5.19 Å². The number of aromatic nitrogens is 1. The fourth-order valence-corrected chi connectivity index (χ4v) is 1.31. The summed E-state index contributed by atoms with van der Waals surface area (Å²) >= 11 is 1.47. The number of thiazole rings is 1. The van der Waals surface area contributed by atoms with Crippen molar-refractivity contribution < 1.29 is 4.74 Å². The molecule has 0 amide bonds. The van der Waals surface area contributed by atoms with Gasteiger partial charge in [0.05, 0.1) is 0 Å². The Hall–Kier alpha value is -1.35. The Balaban J connectivity index is 2.15. The molecule has 2 rings (SSSR count). The zero-order chi connectivity index (χ0) is 8.23. The SMILES string of the molecule is [c]1cccc(Oc2nccs2)c1. The quantitative estimate of drug-likeness (QED) is 0.701. The monoisotopic (exact) mass is 176 g/mol. The molecule has 0 bridgehead atoms. The van der Waals surface area contributed by atoms with Crippen molar-refractivity contribution in [1.82, 2.24) is 4.98 Å². The van der Waals surface area contributed by atoms with Crippen LogP contribution in [0.15, 0.2) is 35.8 Å². The molecule has 0 fully saturated rings. The van der Waals surface area contributed by atoms with Crippen LogP contribution in [0.25, 0.3) is 0 Å². The highest BCUT2D eigenvalue weighted by Crippen LogP contribution is 2.21. The Bertz CT molecular complexity index is 331. The van der Waals surface area contributed by atoms with Crippen LogP contribution in [0.5, 0.6) is 10.9 Å². The van der Waals surface area contributed by atoms with Crippen molar-refractivity contribution in [2.75, 3.05) is 0 Å². The van der Waals surface area contributed by atoms with Crippen molar-refractivity contribution in [2.45, 2.75) is 0 Å². The molecule has 2 nitrogen and oxygen atoms in total. The standard InChI is InChI=1S/C9H6NOS/c1-2-4-8(5-3-1)11-9-10-6-7-12-9/h1-2,4-7H. The smallest absolute Gasteiger partial charge is 0.278 e. The molecule has 3 heteroatoms. The third kappa shape index (κ3) is 1.62. The molecule has 1 heterocycles. The highest BCUT2D eigenvalue weighted by Gasteiger charge is 1.96. The van der Waals surface area contributed by atoms with Gasteiger partial charge in [-0.1, -0.05) is 23.5 Å². The molecule has 1 aromatic carbocycles. The average molecular weight is 176 g/mol. The second-order valence-corrected chi connectivity index (χ2v) is 3.00. The minimum absolute atomic E-state index is 0.662. The van der Waals surface area contributed by atoms with E-state index in [1.807, 2.05) is 23.6 Å². The van der Waals surface area contributed by atoms with E-state index in [4.69, 9.17) is 4.74 Å². The molecule has 0 aliphatic heterocycles. The first-order chi connectivity index (χ1) is 5.95. The molecular weight excluding hydrogens is 170 g/mol. The Morgan fingerprint density at radius 3 is 3.17 bits per heavy atom. The molecule has 0 saturated carbocycles. The van der Waals surface area contributed by atoms with E-state index in [2.05, 4.69) is 11.1 Å². The lowest BCUT2D eigenvalue weighted by Gasteiger charge is -1.98. The number of hydrogen-bond donors (Lipinski definition) is 0. The summed E-state index contributed by atoms with van der Waals surface area (Å²) in [5.74, 6) is 0.771. The van der Waals surface area contributed by atoms with Crippen molar-refractivity contribution in [1.29, 1.82) is 0 Å². The molecule has 0 unspecified atom stereocenters. The molecule has 1 radical (unpaired) electrons. The Kier molecular flexibility index (Phi) is 2.05. The van der Waals surface area contributed by atoms with E-state index in [0.717, 1.165) is 5.75 Å². The van der Waals surface area contributed by atoms with Crippen LogP contribution in [0, 0.1) is 6.07 Å². The predicted octanol–water partition coefficient (Wildman–Crippen LogP) is 2.74. The number of hydrogen-bond acceptors (Lipinski definition) is 3. The Morgan fingerprint density at radius 1 is 1.50 bits per heavy atom. The minimum atomic E-state index is 0.662. The summed E-state index contributed by atoms with van der Waals surface area (Å²) in [4.78, 5) is 3.99. The maximum Gasteiger partial charge on any atom is 0.278 e. The number of ether oxygens (including phenoxy) is 1. The summed E-state index contributed by atoms with van der Waals surface area (Å²) in [7, 11) is 0. The van der Waals surface area contributed by atoms with Crippen molar-refractivity contribution in [2.24, 2.45) is 0 Å². The van der Waals surface area contributed by atoms with Gasteiger partial charge in [0.1, 0.15) is 5.75 Å². The average Bonchev–Trinajstić information content (AvgIpc) is 2.59. The zero-order valence-corrected chi connectivity index (χ0v) is 7.04. The van der Waals surface area contributed by atoms with Gasteiger partial charge < -0.3 is 4.74 Å². The third-order valence-corrected chi connectivity index (χ3v) is 1.94. The van der Waals surface area contributed by atoms with E-state index in [1.165, 1.54) is 11.3 Å². The predicted molar refractivity (Wildman–Crippen MR) is 47.5 cm³/mol. The van der Waals surface area contributed by atoms with Gasteiger partial charge in [0.2, 0.25) is 0 Å². The van der Waals surface area contributed by atoms with Crippen molar-refractivity contribution in [3.05, 3.63) is 41.9 Å². The molecule has 59 valence electrons. The number of nitrogens with zero attached hydrogens (tertiary/aromatic N) is 1. The molecule has 1 aromatic heterocycles. The molecule has 0 aliphatic carbocycles. The van der Waals surface area contributed by atoms with Crippen LogP contribution >= 0.6 is 11.3 Å². The summed E-state index contributed by atoms with van der Waals surface area (Å²) in [5, 5.41) is 2.54. The fraction of sp³-hybridized carbons (Fsp3) is 0. The molecular formula is C9H6NOS. The fourth-order valence-electron chi connectivity index (χ4n) is 0.802. The van der Waals surface area contributed by atoms with E-state index in [9.17, 15) is 0 Å². The van der Waals surface area contributed by atoms with E-state index >= 15 is 0 Å². The Morgan fingerprint density at radius 2 is 2.50 bits per heavy atom. The number of rotatable bonds is 2. The molecule has 2 aromatic rings. The van der Waals surface area contributed by atoms with E-state index < -0.39 is 0 Å². The van der Waals surface area contributed by atoms with Gasteiger partial charge >= 0.3 is 0 Å². The van der Waals surface area contributed by atoms with Crippen LogP contribution in [-0.4, -0.2) is 4.98 Å². The van der Waals surface area contributed by atoms with Gasteiger partial charge in [-0.05, 0) is 18.2 Å². The molecule has 0 N–H and O–H groups in total. The topological polar surface area (TPSA) is 22.1 Å². The largest absolute Gasteiger partial charge is 0.431 e. The van der Waals surface area contributed by atoms with Crippen LogP contribution in [0.2, 0.25) is 0 Å². The van der Waals surface area contributed by atoms with Crippen molar-refractivity contribution in [3.63, 3.8) is 0 Å². The molecule has 12 heavy (non-hydrogen) atoms. The highest BCUT2D eigenvalue weighted by molar-refractivity contribution is 7.11. The summed E-state index contributed by atoms with van der Waals surface area (Å²) in [6, 6.07) is 10.3. The molecule has 0 aliphatic rings. The van der Waals surface area contributed by atoms with Gasteiger partial charge in [-0.25, -0.2) is 4.98 Å². The van der Waals surface area contributed by atoms with E-state index in [1.54, 1.807) is 12.3 Å². The van der Waals surface area contributed by atoms with Crippen LogP contribution in [0.3, 0.4) is 0 Å². The second-order valence-electron chi connectivity index (χ2n) is 2.14. The maximum atomic E-state index is 5.39. The van der Waals surface area contributed by atoms with Crippen LogP contribution in [-0.2, 0) is 0 Å². The molecule has 0 spiro atoms. The zero-order valence-electron chi connectivity index (χ0n) is 6.23. The second kappa shape index (κ2) is 3.36. The third-order valence-electron chi connectivity index (χ3n) is 1.29. The summed E-state index contributed by atoms with van der Waals surface area (Å²) in [5.41, 5.74) is 0. The van der Waals surface area contributed by atoms with Crippen molar-refractivity contribution >= 4 is 11.3 Å². The van der Waals surface area contributed by atoms with Gasteiger partial charge in [-0.2, -0.15) is 0 Å². The van der Waals surface area contributed by atoms with Gasteiger partial charge in [0, 0.05) is 11.6 Å². The highest BCUT2D eigenvalue weighted by atomic mass is 32.1. The lowest BCUT2D eigenvalue weighted by atomic mass is 10.3. The van der Waals surface area contributed by atoms with Gasteiger partial charge in [0.25, 0.3) is 5.19 Å². The Labute approximate surface area is 74.5 Å². The first-order valence-electron chi connectivity index (χ1n) is 3.48. The van der Waals surface area contributed by atoms with Crippen LogP contribution in [0.4, 0.5) is 0 Å². The van der Waals surface area contributed by atoms with Gasteiger partial charge in [-0.15, -0.1) is 0 Å². The maximum absolute atomic E-state index is 5.39.